The van der Waals surface area contributed by atoms with Gasteiger partial charge in [-0.25, -0.2) is 5.43 Å². The van der Waals surface area contributed by atoms with Crippen LogP contribution in [0.25, 0.3) is 0 Å². The largest absolute Gasteiger partial charge is 0.490 e. The lowest BCUT2D eigenvalue weighted by molar-refractivity contribution is -0.123. The maximum Gasteiger partial charge on any atom is 0.262 e. The molecule has 3 rings (SSSR count). The third-order valence-corrected chi connectivity index (χ3v) is 6.14. The van der Waals surface area contributed by atoms with Gasteiger partial charge in [0.05, 0.1) is 35.0 Å². The summed E-state index contributed by atoms with van der Waals surface area (Å²) in [5.41, 5.74) is 4.65. The number of rotatable bonds is 11. The van der Waals surface area contributed by atoms with Crippen molar-refractivity contribution >= 4 is 41.2 Å². The van der Waals surface area contributed by atoms with Crippen LogP contribution in [0.3, 0.4) is 0 Å². The smallest absolute Gasteiger partial charge is 0.262 e. The maximum atomic E-state index is 12.8. The quantitative estimate of drug-likeness (QED) is 0.226. The molecule has 0 aliphatic heterocycles. The van der Waals surface area contributed by atoms with Gasteiger partial charge in [-0.3, -0.25) is 9.59 Å². The lowest BCUT2D eigenvalue weighted by Gasteiger charge is -2.20. The predicted molar refractivity (Wildman–Crippen MR) is 151 cm³/mol. The minimum absolute atomic E-state index is 0.188. The second-order valence-electron chi connectivity index (χ2n) is 8.75. The number of hydrogen-bond donors (Lipinski definition) is 2. The van der Waals surface area contributed by atoms with Crippen molar-refractivity contribution in [3.8, 4) is 17.6 Å². The van der Waals surface area contributed by atoms with Crippen LogP contribution in [0.5, 0.6) is 11.5 Å². The normalized spacial score (nSPS) is 11.6. The lowest BCUT2D eigenvalue weighted by Crippen LogP contribution is -2.48. The van der Waals surface area contributed by atoms with Crippen molar-refractivity contribution in [1.82, 2.24) is 10.7 Å². The molecule has 0 radical (unpaired) electrons. The number of hydrogen-bond acceptors (Lipinski definition) is 6. The maximum absolute atomic E-state index is 12.8. The number of nitrogens with zero attached hydrogens (tertiary/aromatic N) is 2. The van der Waals surface area contributed by atoms with E-state index in [2.05, 4.69) is 21.9 Å². The zero-order valence-corrected chi connectivity index (χ0v) is 23.2. The molecule has 0 fully saturated rings. The van der Waals surface area contributed by atoms with Crippen LogP contribution in [-0.2, 0) is 11.4 Å². The van der Waals surface area contributed by atoms with Gasteiger partial charge in [-0.15, -0.1) is 0 Å². The Morgan fingerprint density at radius 1 is 1.05 bits per heavy atom. The molecular weight excluding hydrogens is 539 g/mol. The molecule has 8 nitrogen and oxygen atoms in total. The molecule has 0 saturated heterocycles. The molecular formula is C29H28Cl2N4O4. The molecule has 3 aromatic rings. The fourth-order valence-electron chi connectivity index (χ4n) is 3.57. The van der Waals surface area contributed by atoms with Gasteiger partial charge in [0.15, 0.2) is 11.5 Å². The van der Waals surface area contributed by atoms with Crippen LogP contribution in [0.15, 0.2) is 65.8 Å². The van der Waals surface area contributed by atoms with Gasteiger partial charge in [-0.1, -0.05) is 55.2 Å². The molecule has 2 amide bonds. The number of hydrazone groups is 1. The minimum Gasteiger partial charge on any atom is -0.490 e. The standard InChI is InChI=1S/C29H28Cl2N4O4/c1-4-38-26-13-19(9-12-25(26)39-17-21-8-6-5-7-20(21)15-32)16-33-35-29(37)27(18(2)3)34-28(36)23-11-10-22(30)14-24(23)31/h5-14,16,18,27H,4,17H2,1-3H3,(H,34,36)(H,35,37)/b33-16+. The van der Waals surface area contributed by atoms with Gasteiger partial charge >= 0.3 is 0 Å². The molecule has 10 heteroatoms. The zero-order valence-electron chi connectivity index (χ0n) is 21.7. The summed E-state index contributed by atoms with van der Waals surface area (Å²) in [6.07, 6.45) is 1.46. The molecule has 39 heavy (non-hydrogen) atoms. The van der Waals surface area contributed by atoms with E-state index in [0.29, 0.717) is 34.3 Å². The van der Waals surface area contributed by atoms with E-state index >= 15 is 0 Å². The molecule has 3 aromatic carbocycles. The third-order valence-electron chi connectivity index (χ3n) is 5.59. The Morgan fingerprint density at radius 3 is 2.51 bits per heavy atom. The number of halogens is 2. The van der Waals surface area contributed by atoms with Gasteiger partial charge in [0.2, 0.25) is 0 Å². The number of amides is 2. The first-order chi connectivity index (χ1) is 18.7. The van der Waals surface area contributed by atoms with Crippen LogP contribution >= 0.6 is 23.2 Å². The average Bonchev–Trinajstić information content (AvgIpc) is 2.91. The van der Waals surface area contributed by atoms with Gasteiger partial charge in [0.25, 0.3) is 11.8 Å². The first kappa shape index (κ1) is 29.5. The van der Waals surface area contributed by atoms with E-state index in [9.17, 15) is 14.9 Å². The van der Waals surface area contributed by atoms with E-state index in [1.54, 1.807) is 50.2 Å². The molecule has 1 atom stereocenters. The molecule has 0 heterocycles. The van der Waals surface area contributed by atoms with Crippen molar-refractivity contribution in [3.63, 3.8) is 0 Å². The van der Waals surface area contributed by atoms with Crippen LogP contribution in [0, 0.1) is 17.2 Å². The fourth-order valence-corrected chi connectivity index (χ4v) is 4.07. The molecule has 0 aliphatic carbocycles. The Balaban J connectivity index is 1.66. The van der Waals surface area contributed by atoms with Crippen LogP contribution < -0.4 is 20.2 Å². The first-order valence-corrected chi connectivity index (χ1v) is 13.0. The van der Waals surface area contributed by atoms with Crippen molar-refractivity contribution in [2.24, 2.45) is 11.0 Å². The van der Waals surface area contributed by atoms with Gasteiger partial charge in [-0.05, 0) is 60.9 Å². The Morgan fingerprint density at radius 2 is 1.82 bits per heavy atom. The van der Waals surface area contributed by atoms with Crippen molar-refractivity contribution in [2.75, 3.05) is 6.61 Å². The average molecular weight is 567 g/mol. The number of carbonyl (C=O) groups is 2. The lowest BCUT2D eigenvalue weighted by atomic mass is 10.0. The molecule has 0 aliphatic rings. The first-order valence-electron chi connectivity index (χ1n) is 12.2. The van der Waals surface area contributed by atoms with Crippen molar-refractivity contribution in [1.29, 1.82) is 5.26 Å². The van der Waals surface area contributed by atoms with Gasteiger partial charge in [-0.2, -0.15) is 10.4 Å². The number of ether oxygens (including phenoxy) is 2. The highest BCUT2D eigenvalue weighted by Gasteiger charge is 2.25. The molecule has 0 spiro atoms. The zero-order chi connectivity index (χ0) is 28.4. The summed E-state index contributed by atoms with van der Waals surface area (Å²) >= 11 is 12.0. The van der Waals surface area contributed by atoms with Crippen molar-refractivity contribution in [2.45, 2.75) is 33.4 Å². The SMILES string of the molecule is CCOc1cc(/C=N/NC(=O)C(NC(=O)c2ccc(Cl)cc2Cl)C(C)C)ccc1OCc1ccccc1C#N. The van der Waals surface area contributed by atoms with Crippen LogP contribution in [0.2, 0.25) is 10.0 Å². The Bertz CT molecular complexity index is 1400. The number of benzene rings is 3. The molecule has 0 aromatic heterocycles. The Labute approximate surface area is 237 Å². The second kappa shape index (κ2) is 14.2. The van der Waals surface area contributed by atoms with E-state index in [0.717, 1.165) is 5.56 Å². The van der Waals surface area contributed by atoms with E-state index < -0.39 is 17.9 Å². The fraction of sp³-hybridized carbons (Fsp3) is 0.241. The van der Waals surface area contributed by atoms with Crippen LogP contribution in [-0.4, -0.2) is 30.7 Å². The van der Waals surface area contributed by atoms with Crippen LogP contribution in [0.4, 0.5) is 0 Å². The predicted octanol–water partition coefficient (Wildman–Crippen LogP) is 5.75. The summed E-state index contributed by atoms with van der Waals surface area (Å²) in [6.45, 7) is 6.08. The highest BCUT2D eigenvalue weighted by atomic mass is 35.5. The summed E-state index contributed by atoms with van der Waals surface area (Å²) in [5, 5.41) is 16.6. The number of nitrogens with one attached hydrogen (secondary N) is 2. The van der Waals surface area contributed by atoms with Crippen molar-refractivity contribution < 1.29 is 19.1 Å². The Hall–Kier alpha value is -4.06. The minimum atomic E-state index is -0.854. The van der Waals surface area contributed by atoms with E-state index in [1.165, 1.54) is 18.3 Å². The Kier molecular flexibility index (Phi) is 10.7. The monoisotopic (exact) mass is 566 g/mol. The van der Waals surface area contributed by atoms with Gasteiger partial charge < -0.3 is 14.8 Å². The molecule has 0 saturated carbocycles. The summed E-state index contributed by atoms with van der Waals surface area (Å²) in [5.74, 6) is -0.198. The third kappa shape index (κ3) is 8.21. The summed E-state index contributed by atoms with van der Waals surface area (Å²) in [4.78, 5) is 25.5. The molecule has 1 unspecified atom stereocenters. The van der Waals surface area contributed by atoms with Gasteiger partial charge in [0.1, 0.15) is 12.6 Å². The molecule has 202 valence electrons. The molecule has 2 N–H and O–H groups in total. The van der Waals surface area contributed by atoms with E-state index in [4.69, 9.17) is 32.7 Å². The highest BCUT2D eigenvalue weighted by Crippen LogP contribution is 2.29. The van der Waals surface area contributed by atoms with E-state index in [-0.39, 0.29) is 23.1 Å². The summed E-state index contributed by atoms with van der Waals surface area (Å²) in [7, 11) is 0. The van der Waals surface area contributed by atoms with Crippen LogP contribution in [0.1, 0.15) is 47.8 Å². The topological polar surface area (TPSA) is 113 Å². The number of carbonyl (C=O) groups excluding carboxylic acids is 2. The second-order valence-corrected chi connectivity index (χ2v) is 9.59. The summed E-state index contributed by atoms with van der Waals surface area (Å²) < 4.78 is 11.6. The van der Waals surface area contributed by atoms with Crippen molar-refractivity contribution in [3.05, 3.63) is 93.0 Å². The summed E-state index contributed by atoms with van der Waals surface area (Å²) in [6, 6.07) is 18.2. The number of nitriles is 1. The molecule has 0 bridgehead atoms. The highest BCUT2D eigenvalue weighted by molar-refractivity contribution is 6.36. The van der Waals surface area contributed by atoms with Gasteiger partial charge in [0, 0.05) is 10.6 Å². The van der Waals surface area contributed by atoms with E-state index in [1.807, 2.05) is 19.1 Å².